The van der Waals surface area contributed by atoms with Crippen molar-refractivity contribution in [1.82, 2.24) is 10.2 Å². The van der Waals surface area contributed by atoms with Crippen LogP contribution in [0, 0.1) is 19.7 Å². The van der Waals surface area contributed by atoms with E-state index in [2.05, 4.69) is 37.4 Å². The predicted octanol–water partition coefficient (Wildman–Crippen LogP) is 5.54. The van der Waals surface area contributed by atoms with E-state index >= 15 is 0 Å². The minimum absolute atomic E-state index is 0.0675. The number of hydrogen-bond donors (Lipinski definition) is 1. The minimum atomic E-state index is -0.537. The molecule has 3 rings (SSSR count). The number of benzene rings is 2. The third-order valence-electron chi connectivity index (χ3n) is 6.13. The Bertz CT molecular complexity index is 921. The molecule has 33 heavy (non-hydrogen) atoms. The molecule has 1 saturated carbocycles. The molecular formula is C27H35FN2O2S. The van der Waals surface area contributed by atoms with Crippen molar-refractivity contribution < 1.29 is 14.0 Å². The number of carbonyl (C=O) groups is 2. The van der Waals surface area contributed by atoms with Gasteiger partial charge in [0.1, 0.15) is 11.9 Å². The summed E-state index contributed by atoms with van der Waals surface area (Å²) in [6.45, 7) is 6.38. The van der Waals surface area contributed by atoms with E-state index in [0.717, 1.165) is 37.0 Å². The maximum atomic E-state index is 13.4. The molecule has 0 radical (unpaired) electrons. The molecule has 0 saturated heterocycles. The van der Waals surface area contributed by atoms with Gasteiger partial charge in [-0.2, -0.15) is 0 Å². The zero-order valence-electron chi connectivity index (χ0n) is 19.9. The fraction of sp³-hybridized carbons (Fsp3) is 0.481. The molecule has 2 amide bonds. The average molecular weight is 471 g/mol. The third-order valence-corrected chi connectivity index (χ3v) is 7.12. The van der Waals surface area contributed by atoms with Gasteiger partial charge in [0.15, 0.2) is 0 Å². The van der Waals surface area contributed by atoms with Crippen LogP contribution >= 0.6 is 11.8 Å². The Balaban J connectivity index is 1.70. The first-order valence-electron chi connectivity index (χ1n) is 11.8. The summed E-state index contributed by atoms with van der Waals surface area (Å²) in [7, 11) is 0. The minimum Gasteiger partial charge on any atom is -0.352 e. The number of halogens is 1. The molecule has 0 aromatic heterocycles. The van der Waals surface area contributed by atoms with E-state index < -0.39 is 6.04 Å². The summed E-state index contributed by atoms with van der Waals surface area (Å²) >= 11 is 1.56. The second-order valence-corrected chi connectivity index (χ2v) is 10.0. The number of hydrogen-bond acceptors (Lipinski definition) is 3. The molecule has 178 valence electrons. The highest BCUT2D eigenvalue weighted by molar-refractivity contribution is 7.99. The third kappa shape index (κ3) is 7.60. The number of aryl methyl sites for hydroxylation is 2. The second kappa shape index (κ2) is 12.2. The van der Waals surface area contributed by atoms with Gasteiger partial charge in [0.2, 0.25) is 11.8 Å². The molecule has 1 aliphatic carbocycles. The molecule has 1 N–H and O–H groups in total. The standard InChI is InChI=1S/C27H35FN2O2S/c1-4-25(27(32)29-24-7-5-6-8-24)30(16-21-9-11-23(28)12-10-21)26(31)18-33-17-22-14-19(2)13-20(3)15-22/h9-15,24-25H,4-8,16-18H2,1-3H3,(H,29,32)/t25-/m1/s1. The molecular weight excluding hydrogens is 435 g/mol. The largest absolute Gasteiger partial charge is 0.352 e. The normalized spacial score (nSPS) is 14.8. The molecule has 0 unspecified atom stereocenters. The molecule has 2 aromatic carbocycles. The molecule has 0 bridgehead atoms. The Kier molecular flexibility index (Phi) is 9.36. The lowest BCUT2D eigenvalue weighted by molar-refractivity contribution is -0.139. The van der Waals surface area contributed by atoms with Gasteiger partial charge in [0.25, 0.3) is 0 Å². The summed E-state index contributed by atoms with van der Waals surface area (Å²) in [5.74, 6) is 0.568. The van der Waals surface area contributed by atoms with Crippen molar-refractivity contribution in [2.75, 3.05) is 5.75 Å². The lowest BCUT2D eigenvalue weighted by Gasteiger charge is -2.31. The Hall–Kier alpha value is -2.34. The Morgan fingerprint density at radius 3 is 2.30 bits per heavy atom. The molecule has 1 aliphatic rings. The lowest BCUT2D eigenvalue weighted by Crippen LogP contribution is -2.51. The van der Waals surface area contributed by atoms with E-state index in [4.69, 9.17) is 0 Å². The smallest absolute Gasteiger partial charge is 0.243 e. The summed E-state index contributed by atoms with van der Waals surface area (Å²) in [4.78, 5) is 28.1. The molecule has 2 aromatic rings. The fourth-order valence-corrected chi connectivity index (χ4v) is 5.41. The number of rotatable bonds is 10. The number of carbonyl (C=O) groups excluding carboxylic acids is 2. The van der Waals surface area contributed by atoms with Gasteiger partial charge in [0.05, 0.1) is 5.75 Å². The van der Waals surface area contributed by atoms with E-state index in [1.54, 1.807) is 28.8 Å². The zero-order valence-corrected chi connectivity index (χ0v) is 20.7. The van der Waals surface area contributed by atoms with Crippen LogP contribution in [0.4, 0.5) is 4.39 Å². The number of nitrogens with one attached hydrogen (secondary N) is 1. The SMILES string of the molecule is CC[C@H](C(=O)NC1CCCC1)N(Cc1ccc(F)cc1)C(=O)CSCc1cc(C)cc(C)c1. The number of nitrogens with zero attached hydrogens (tertiary/aromatic N) is 1. The average Bonchev–Trinajstić information content (AvgIpc) is 3.27. The summed E-state index contributed by atoms with van der Waals surface area (Å²) in [5.41, 5.74) is 4.44. The van der Waals surface area contributed by atoms with Crippen LogP contribution in [-0.4, -0.2) is 34.6 Å². The summed E-state index contributed by atoms with van der Waals surface area (Å²) in [6.07, 6.45) is 4.80. The van der Waals surface area contributed by atoms with Crippen LogP contribution in [0.15, 0.2) is 42.5 Å². The quantitative estimate of drug-likeness (QED) is 0.496. The predicted molar refractivity (Wildman–Crippen MR) is 134 cm³/mol. The molecule has 0 spiro atoms. The highest BCUT2D eigenvalue weighted by Crippen LogP contribution is 2.21. The molecule has 0 heterocycles. The van der Waals surface area contributed by atoms with Crippen molar-refractivity contribution in [3.8, 4) is 0 Å². The van der Waals surface area contributed by atoms with Crippen LogP contribution in [0.25, 0.3) is 0 Å². The van der Waals surface area contributed by atoms with Crippen molar-refractivity contribution >= 4 is 23.6 Å². The first-order chi connectivity index (χ1) is 15.9. The molecule has 1 fully saturated rings. The summed E-state index contributed by atoms with van der Waals surface area (Å²) < 4.78 is 13.4. The molecule has 1 atom stereocenters. The van der Waals surface area contributed by atoms with Gasteiger partial charge in [-0.3, -0.25) is 9.59 Å². The van der Waals surface area contributed by atoms with Crippen molar-refractivity contribution in [1.29, 1.82) is 0 Å². The highest BCUT2D eigenvalue weighted by atomic mass is 32.2. The molecule has 6 heteroatoms. The van der Waals surface area contributed by atoms with Crippen molar-refractivity contribution in [2.24, 2.45) is 0 Å². The topological polar surface area (TPSA) is 49.4 Å². The Morgan fingerprint density at radius 2 is 1.70 bits per heavy atom. The van der Waals surface area contributed by atoms with Crippen LogP contribution in [0.2, 0.25) is 0 Å². The van der Waals surface area contributed by atoms with Crippen molar-refractivity contribution in [3.05, 3.63) is 70.5 Å². The maximum Gasteiger partial charge on any atom is 0.243 e. The van der Waals surface area contributed by atoms with E-state index in [-0.39, 0.29) is 23.7 Å². The van der Waals surface area contributed by atoms with Crippen molar-refractivity contribution in [3.63, 3.8) is 0 Å². The van der Waals surface area contributed by atoms with Crippen LogP contribution in [-0.2, 0) is 21.9 Å². The first kappa shape index (κ1) is 25.3. The van der Waals surface area contributed by atoms with E-state index in [1.807, 2.05) is 6.92 Å². The Morgan fingerprint density at radius 1 is 1.06 bits per heavy atom. The van der Waals surface area contributed by atoms with Gasteiger partial charge in [-0.15, -0.1) is 11.8 Å². The summed E-state index contributed by atoms with van der Waals surface area (Å²) in [5, 5.41) is 3.15. The Labute approximate surface area is 201 Å². The van der Waals surface area contributed by atoms with Crippen molar-refractivity contribution in [2.45, 2.75) is 77.3 Å². The summed E-state index contributed by atoms with van der Waals surface area (Å²) in [6, 6.07) is 12.2. The molecule has 4 nitrogen and oxygen atoms in total. The lowest BCUT2D eigenvalue weighted by atomic mass is 10.1. The maximum absolute atomic E-state index is 13.4. The number of thioether (sulfide) groups is 1. The van der Waals surface area contributed by atoms with E-state index in [0.29, 0.717) is 18.7 Å². The number of amides is 2. The van der Waals surface area contributed by atoms with E-state index in [9.17, 15) is 14.0 Å². The van der Waals surface area contributed by atoms with Gasteiger partial charge in [0, 0.05) is 18.3 Å². The monoisotopic (exact) mass is 470 g/mol. The molecule has 0 aliphatic heterocycles. The van der Waals surface area contributed by atoms with Crippen LogP contribution in [0.3, 0.4) is 0 Å². The van der Waals surface area contributed by atoms with Gasteiger partial charge in [-0.25, -0.2) is 4.39 Å². The van der Waals surface area contributed by atoms with E-state index in [1.165, 1.54) is 28.8 Å². The second-order valence-electron chi connectivity index (χ2n) is 9.05. The van der Waals surface area contributed by atoms with Gasteiger partial charge < -0.3 is 10.2 Å². The van der Waals surface area contributed by atoms with Gasteiger partial charge in [-0.05, 0) is 56.4 Å². The van der Waals surface area contributed by atoms with Gasteiger partial charge in [-0.1, -0.05) is 61.2 Å². The fourth-order valence-electron chi connectivity index (χ4n) is 4.56. The highest BCUT2D eigenvalue weighted by Gasteiger charge is 2.30. The van der Waals surface area contributed by atoms with Gasteiger partial charge >= 0.3 is 0 Å². The zero-order chi connectivity index (χ0) is 23.8. The van der Waals surface area contributed by atoms with Crippen LogP contribution < -0.4 is 5.32 Å². The first-order valence-corrected chi connectivity index (χ1v) is 13.0. The van der Waals surface area contributed by atoms with Crippen LogP contribution in [0.5, 0.6) is 0 Å². The van der Waals surface area contributed by atoms with Crippen LogP contribution in [0.1, 0.15) is 61.3 Å².